The van der Waals surface area contributed by atoms with Crippen LogP contribution in [0.1, 0.15) is 25.3 Å². The molecule has 6 heteroatoms. The van der Waals surface area contributed by atoms with Crippen molar-refractivity contribution in [2.45, 2.75) is 32.4 Å². The van der Waals surface area contributed by atoms with Crippen molar-refractivity contribution in [3.8, 4) is 0 Å². The maximum Gasteiger partial charge on any atom is 0.320 e. The molecule has 0 saturated carbocycles. The van der Waals surface area contributed by atoms with E-state index in [1.807, 2.05) is 45.0 Å². The summed E-state index contributed by atoms with van der Waals surface area (Å²) in [6.45, 7) is 6.24. The topological polar surface area (TPSA) is 53.1 Å². The zero-order chi connectivity index (χ0) is 17.6. The minimum atomic E-state index is 0.0381. The number of hydrogen-bond donors (Lipinski definition) is 0. The SMILES string of the molecule is CC[C@@H]1CN(C(=O)N2CCOCC2)CCC(=O)N1Cc1ccccc1. The first-order valence-electron chi connectivity index (χ1n) is 9.14. The van der Waals surface area contributed by atoms with Crippen LogP contribution < -0.4 is 0 Å². The first kappa shape index (κ1) is 17.7. The van der Waals surface area contributed by atoms with Crippen LogP contribution in [0.5, 0.6) is 0 Å². The Morgan fingerprint density at radius 1 is 1.12 bits per heavy atom. The number of urea groups is 1. The first-order chi connectivity index (χ1) is 12.2. The molecule has 3 amide bonds. The standard InChI is InChI=1S/C19H27N3O3/c1-2-17-15-21(19(24)20-10-12-25-13-11-20)9-8-18(23)22(17)14-16-6-4-3-5-7-16/h3-7,17H,2,8-15H2,1H3/t17-/m1/s1. The molecule has 1 atom stereocenters. The van der Waals surface area contributed by atoms with Crippen LogP contribution in [0.2, 0.25) is 0 Å². The van der Waals surface area contributed by atoms with E-state index >= 15 is 0 Å². The van der Waals surface area contributed by atoms with Gasteiger partial charge in [0.05, 0.1) is 13.2 Å². The zero-order valence-corrected chi connectivity index (χ0v) is 14.9. The van der Waals surface area contributed by atoms with Gasteiger partial charge in [-0.25, -0.2) is 4.79 Å². The van der Waals surface area contributed by atoms with Gasteiger partial charge < -0.3 is 19.4 Å². The van der Waals surface area contributed by atoms with Crippen LogP contribution in [0.3, 0.4) is 0 Å². The second kappa shape index (κ2) is 8.34. The molecule has 0 bridgehead atoms. The number of morpholine rings is 1. The summed E-state index contributed by atoms with van der Waals surface area (Å²) >= 11 is 0. The summed E-state index contributed by atoms with van der Waals surface area (Å²) in [5.74, 6) is 0.132. The molecule has 0 unspecified atom stereocenters. The lowest BCUT2D eigenvalue weighted by Crippen LogP contribution is -2.50. The molecule has 0 spiro atoms. The monoisotopic (exact) mass is 345 g/mol. The molecular formula is C19H27N3O3. The molecule has 0 aliphatic carbocycles. The van der Waals surface area contributed by atoms with Crippen LogP contribution in [-0.4, -0.2) is 72.1 Å². The number of benzene rings is 1. The molecule has 0 aromatic heterocycles. The fraction of sp³-hybridized carbons (Fsp3) is 0.579. The van der Waals surface area contributed by atoms with Crippen molar-refractivity contribution >= 4 is 11.9 Å². The molecule has 3 rings (SSSR count). The van der Waals surface area contributed by atoms with E-state index in [0.29, 0.717) is 52.4 Å². The van der Waals surface area contributed by atoms with Gasteiger partial charge in [0.25, 0.3) is 0 Å². The molecule has 2 saturated heterocycles. The summed E-state index contributed by atoms with van der Waals surface area (Å²) in [6.07, 6.45) is 1.23. The molecule has 0 radical (unpaired) electrons. The Labute approximate surface area is 149 Å². The highest BCUT2D eigenvalue weighted by Gasteiger charge is 2.32. The molecule has 2 heterocycles. The average molecular weight is 345 g/mol. The van der Waals surface area contributed by atoms with Crippen LogP contribution in [0.25, 0.3) is 0 Å². The number of rotatable bonds is 3. The van der Waals surface area contributed by atoms with Gasteiger partial charge in [0.15, 0.2) is 0 Å². The van der Waals surface area contributed by atoms with E-state index in [1.165, 1.54) is 0 Å². The van der Waals surface area contributed by atoms with Gasteiger partial charge in [0, 0.05) is 45.2 Å². The number of carbonyl (C=O) groups excluding carboxylic acids is 2. The molecule has 0 N–H and O–H groups in total. The third-order valence-corrected chi connectivity index (χ3v) is 5.01. The van der Waals surface area contributed by atoms with Crippen molar-refractivity contribution in [1.82, 2.24) is 14.7 Å². The van der Waals surface area contributed by atoms with Gasteiger partial charge in [-0.15, -0.1) is 0 Å². The number of hydrogen-bond acceptors (Lipinski definition) is 3. The van der Waals surface area contributed by atoms with Crippen molar-refractivity contribution in [3.05, 3.63) is 35.9 Å². The van der Waals surface area contributed by atoms with E-state index in [1.54, 1.807) is 0 Å². The largest absolute Gasteiger partial charge is 0.378 e. The predicted octanol–water partition coefficient (Wildman–Crippen LogP) is 1.95. The van der Waals surface area contributed by atoms with Crippen LogP contribution >= 0.6 is 0 Å². The van der Waals surface area contributed by atoms with Gasteiger partial charge in [-0.3, -0.25) is 4.79 Å². The summed E-state index contributed by atoms with van der Waals surface area (Å²) in [6, 6.07) is 10.1. The molecular weight excluding hydrogens is 318 g/mol. The molecule has 1 aromatic rings. The maximum absolute atomic E-state index is 12.8. The third-order valence-electron chi connectivity index (χ3n) is 5.01. The highest BCUT2D eigenvalue weighted by Crippen LogP contribution is 2.19. The van der Waals surface area contributed by atoms with E-state index in [2.05, 4.69) is 6.92 Å². The number of ether oxygens (including phenoxy) is 1. The van der Waals surface area contributed by atoms with Crippen molar-refractivity contribution in [2.75, 3.05) is 39.4 Å². The predicted molar refractivity (Wildman–Crippen MR) is 95.0 cm³/mol. The normalized spacial score (nSPS) is 22.0. The van der Waals surface area contributed by atoms with Gasteiger partial charge in [0.2, 0.25) is 5.91 Å². The third kappa shape index (κ3) is 4.31. The van der Waals surface area contributed by atoms with Crippen molar-refractivity contribution in [2.24, 2.45) is 0 Å². The van der Waals surface area contributed by atoms with E-state index in [-0.39, 0.29) is 18.0 Å². The highest BCUT2D eigenvalue weighted by molar-refractivity contribution is 5.80. The Balaban J connectivity index is 1.70. The lowest BCUT2D eigenvalue weighted by atomic mass is 10.1. The number of carbonyl (C=O) groups is 2. The fourth-order valence-electron chi connectivity index (χ4n) is 3.50. The second-order valence-corrected chi connectivity index (χ2v) is 6.65. The summed E-state index contributed by atoms with van der Waals surface area (Å²) in [5, 5.41) is 0. The second-order valence-electron chi connectivity index (χ2n) is 6.65. The van der Waals surface area contributed by atoms with E-state index in [9.17, 15) is 9.59 Å². The maximum atomic E-state index is 12.8. The average Bonchev–Trinajstić information content (AvgIpc) is 2.82. The van der Waals surface area contributed by atoms with Crippen molar-refractivity contribution in [1.29, 1.82) is 0 Å². The van der Waals surface area contributed by atoms with Gasteiger partial charge in [-0.05, 0) is 12.0 Å². The molecule has 6 nitrogen and oxygen atoms in total. The van der Waals surface area contributed by atoms with Gasteiger partial charge >= 0.3 is 6.03 Å². The molecule has 2 fully saturated rings. The summed E-state index contributed by atoms with van der Waals surface area (Å²) < 4.78 is 5.33. The van der Waals surface area contributed by atoms with Gasteiger partial charge in [0.1, 0.15) is 0 Å². The van der Waals surface area contributed by atoms with Gasteiger partial charge in [-0.2, -0.15) is 0 Å². The van der Waals surface area contributed by atoms with E-state index in [0.717, 1.165) is 12.0 Å². The minimum absolute atomic E-state index is 0.0381. The van der Waals surface area contributed by atoms with Crippen molar-refractivity contribution < 1.29 is 14.3 Å². The van der Waals surface area contributed by atoms with Crippen LogP contribution in [-0.2, 0) is 16.1 Å². The quantitative estimate of drug-likeness (QED) is 0.841. The number of nitrogens with zero attached hydrogens (tertiary/aromatic N) is 3. The smallest absolute Gasteiger partial charge is 0.320 e. The fourth-order valence-corrected chi connectivity index (χ4v) is 3.50. The molecule has 1 aromatic carbocycles. The Kier molecular flexibility index (Phi) is 5.91. The Bertz CT molecular complexity index is 587. The first-order valence-corrected chi connectivity index (χ1v) is 9.14. The molecule has 25 heavy (non-hydrogen) atoms. The van der Waals surface area contributed by atoms with Crippen molar-refractivity contribution in [3.63, 3.8) is 0 Å². The lowest BCUT2D eigenvalue weighted by molar-refractivity contribution is -0.133. The minimum Gasteiger partial charge on any atom is -0.378 e. The Hall–Kier alpha value is -2.08. The van der Waals surface area contributed by atoms with E-state index < -0.39 is 0 Å². The summed E-state index contributed by atoms with van der Waals surface area (Å²) in [5.41, 5.74) is 1.13. The summed E-state index contributed by atoms with van der Waals surface area (Å²) in [4.78, 5) is 31.1. The molecule has 2 aliphatic heterocycles. The highest BCUT2D eigenvalue weighted by atomic mass is 16.5. The Morgan fingerprint density at radius 3 is 2.52 bits per heavy atom. The van der Waals surface area contributed by atoms with Crippen LogP contribution in [0.15, 0.2) is 30.3 Å². The Morgan fingerprint density at radius 2 is 1.84 bits per heavy atom. The lowest BCUT2D eigenvalue weighted by Gasteiger charge is -2.35. The molecule has 2 aliphatic rings. The summed E-state index contributed by atoms with van der Waals surface area (Å²) in [7, 11) is 0. The number of amides is 3. The van der Waals surface area contributed by atoms with Crippen LogP contribution in [0, 0.1) is 0 Å². The zero-order valence-electron chi connectivity index (χ0n) is 14.9. The van der Waals surface area contributed by atoms with Gasteiger partial charge in [-0.1, -0.05) is 37.3 Å². The molecule has 136 valence electrons. The van der Waals surface area contributed by atoms with Crippen LogP contribution in [0.4, 0.5) is 4.79 Å². The van der Waals surface area contributed by atoms with E-state index in [4.69, 9.17) is 4.74 Å².